The van der Waals surface area contributed by atoms with Gasteiger partial charge in [-0.3, -0.25) is 0 Å². The number of unbranched alkanes of at least 4 members (excludes halogenated alkanes) is 4. The van der Waals surface area contributed by atoms with Gasteiger partial charge in [-0.05, 0) is 56.4 Å². The summed E-state index contributed by atoms with van der Waals surface area (Å²) in [6, 6.07) is 13.9. The molecule has 130 valence electrons. The van der Waals surface area contributed by atoms with Crippen LogP contribution in [0.4, 0.5) is 0 Å². The molecule has 0 saturated heterocycles. The standard InChI is InChI=1S/C24H34/c1-6-7-8-9-10-11-24(22-14-12-18(2)16-20(22)4)23-15-13-19(3)17-21(23)5/h12-17,24H,6-11H2,1-5H3. The maximum atomic E-state index is 2.36. The Morgan fingerprint density at radius 2 is 1.17 bits per heavy atom. The second-order valence-electron chi connectivity index (χ2n) is 7.48. The van der Waals surface area contributed by atoms with E-state index in [4.69, 9.17) is 0 Å². The third-order valence-electron chi connectivity index (χ3n) is 5.20. The van der Waals surface area contributed by atoms with E-state index in [1.54, 1.807) is 0 Å². The summed E-state index contributed by atoms with van der Waals surface area (Å²) in [5.74, 6) is 0.535. The van der Waals surface area contributed by atoms with Crippen LogP contribution in [0.3, 0.4) is 0 Å². The van der Waals surface area contributed by atoms with E-state index in [0.717, 1.165) is 0 Å². The van der Waals surface area contributed by atoms with E-state index in [1.807, 2.05) is 0 Å². The smallest absolute Gasteiger partial charge is 0.00945 e. The highest BCUT2D eigenvalue weighted by atomic mass is 14.2. The van der Waals surface area contributed by atoms with Gasteiger partial charge in [0.15, 0.2) is 0 Å². The van der Waals surface area contributed by atoms with Gasteiger partial charge in [0.1, 0.15) is 0 Å². The Hall–Kier alpha value is -1.56. The van der Waals surface area contributed by atoms with Gasteiger partial charge in [0.05, 0.1) is 0 Å². The van der Waals surface area contributed by atoms with E-state index < -0.39 is 0 Å². The van der Waals surface area contributed by atoms with Gasteiger partial charge in [0.25, 0.3) is 0 Å². The molecule has 0 aliphatic heterocycles. The minimum Gasteiger partial charge on any atom is -0.0654 e. The summed E-state index contributed by atoms with van der Waals surface area (Å²) in [4.78, 5) is 0. The first kappa shape index (κ1) is 18.8. The molecule has 2 aromatic rings. The summed E-state index contributed by atoms with van der Waals surface area (Å²) in [7, 11) is 0. The molecule has 0 unspecified atom stereocenters. The van der Waals surface area contributed by atoms with Crippen LogP contribution >= 0.6 is 0 Å². The van der Waals surface area contributed by atoms with E-state index in [9.17, 15) is 0 Å². The van der Waals surface area contributed by atoms with Crippen molar-refractivity contribution >= 4 is 0 Å². The van der Waals surface area contributed by atoms with Crippen LogP contribution in [0.2, 0.25) is 0 Å². The molecular formula is C24H34. The maximum Gasteiger partial charge on any atom is 0.00945 e. The van der Waals surface area contributed by atoms with E-state index in [-0.39, 0.29) is 0 Å². The maximum absolute atomic E-state index is 2.36. The van der Waals surface area contributed by atoms with E-state index in [2.05, 4.69) is 71.0 Å². The molecule has 0 radical (unpaired) electrons. The molecule has 0 spiro atoms. The van der Waals surface area contributed by atoms with Gasteiger partial charge in [0, 0.05) is 5.92 Å². The zero-order valence-corrected chi connectivity index (χ0v) is 16.3. The first-order chi connectivity index (χ1) is 11.5. The fraction of sp³-hybridized carbons (Fsp3) is 0.500. The molecule has 2 aromatic carbocycles. The molecule has 0 atom stereocenters. The molecule has 0 fully saturated rings. The second kappa shape index (κ2) is 9.06. The molecule has 0 bridgehead atoms. The van der Waals surface area contributed by atoms with Crippen LogP contribution in [0, 0.1) is 27.7 Å². The van der Waals surface area contributed by atoms with E-state index in [1.165, 1.54) is 71.9 Å². The Labute approximate surface area is 149 Å². The lowest BCUT2D eigenvalue weighted by molar-refractivity contribution is 0.578. The summed E-state index contributed by atoms with van der Waals surface area (Å²) in [5.41, 5.74) is 8.63. The molecular weight excluding hydrogens is 288 g/mol. The van der Waals surface area contributed by atoms with Crippen molar-refractivity contribution in [2.24, 2.45) is 0 Å². The Kier molecular flexibility index (Phi) is 7.09. The zero-order chi connectivity index (χ0) is 17.5. The Balaban J connectivity index is 2.27. The summed E-state index contributed by atoms with van der Waals surface area (Å²) < 4.78 is 0. The molecule has 0 amide bonds. The van der Waals surface area contributed by atoms with Crippen molar-refractivity contribution in [1.29, 1.82) is 0 Å². The fourth-order valence-electron chi connectivity index (χ4n) is 3.86. The fourth-order valence-corrected chi connectivity index (χ4v) is 3.86. The Bertz CT molecular complexity index is 600. The monoisotopic (exact) mass is 322 g/mol. The predicted molar refractivity (Wildman–Crippen MR) is 107 cm³/mol. The van der Waals surface area contributed by atoms with Gasteiger partial charge in [-0.1, -0.05) is 86.6 Å². The van der Waals surface area contributed by atoms with Crippen molar-refractivity contribution < 1.29 is 0 Å². The average molecular weight is 323 g/mol. The summed E-state index contributed by atoms with van der Waals surface area (Å²) in [6.45, 7) is 11.2. The minimum absolute atomic E-state index is 0.535. The van der Waals surface area contributed by atoms with Crippen molar-refractivity contribution in [2.75, 3.05) is 0 Å². The average Bonchev–Trinajstić information content (AvgIpc) is 2.53. The topological polar surface area (TPSA) is 0 Å². The highest BCUT2D eigenvalue weighted by Crippen LogP contribution is 2.34. The number of aryl methyl sites for hydroxylation is 4. The number of benzene rings is 2. The van der Waals surface area contributed by atoms with Crippen LogP contribution in [-0.2, 0) is 0 Å². The van der Waals surface area contributed by atoms with E-state index in [0.29, 0.717) is 5.92 Å². The third kappa shape index (κ3) is 4.97. The number of hydrogen-bond donors (Lipinski definition) is 0. The van der Waals surface area contributed by atoms with Crippen molar-refractivity contribution in [3.8, 4) is 0 Å². The van der Waals surface area contributed by atoms with Crippen LogP contribution < -0.4 is 0 Å². The molecule has 2 rings (SSSR count). The lowest BCUT2D eigenvalue weighted by Gasteiger charge is -2.23. The predicted octanol–water partition coefficient (Wildman–Crippen LogP) is 7.41. The third-order valence-corrected chi connectivity index (χ3v) is 5.20. The van der Waals surface area contributed by atoms with Gasteiger partial charge in [-0.2, -0.15) is 0 Å². The van der Waals surface area contributed by atoms with Crippen LogP contribution in [0.5, 0.6) is 0 Å². The van der Waals surface area contributed by atoms with Gasteiger partial charge < -0.3 is 0 Å². The van der Waals surface area contributed by atoms with E-state index >= 15 is 0 Å². The summed E-state index contributed by atoms with van der Waals surface area (Å²) in [5, 5.41) is 0. The molecule has 0 N–H and O–H groups in total. The highest BCUT2D eigenvalue weighted by molar-refractivity contribution is 5.43. The molecule has 0 saturated carbocycles. The van der Waals surface area contributed by atoms with Gasteiger partial charge in [-0.15, -0.1) is 0 Å². The second-order valence-corrected chi connectivity index (χ2v) is 7.48. The van der Waals surface area contributed by atoms with Gasteiger partial charge >= 0.3 is 0 Å². The molecule has 0 heteroatoms. The Morgan fingerprint density at radius 1 is 0.667 bits per heavy atom. The van der Waals surface area contributed by atoms with Crippen LogP contribution in [0.1, 0.15) is 84.7 Å². The lowest BCUT2D eigenvalue weighted by Crippen LogP contribution is -2.06. The minimum atomic E-state index is 0.535. The molecule has 0 aromatic heterocycles. The van der Waals surface area contributed by atoms with Crippen LogP contribution in [0.25, 0.3) is 0 Å². The van der Waals surface area contributed by atoms with Crippen molar-refractivity contribution in [3.05, 3.63) is 69.8 Å². The SMILES string of the molecule is CCCCCCCC(c1ccc(C)cc1C)c1ccc(C)cc1C. The van der Waals surface area contributed by atoms with Crippen molar-refractivity contribution in [3.63, 3.8) is 0 Å². The molecule has 24 heavy (non-hydrogen) atoms. The van der Waals surface area contributed by atoms with Crippen LogP contribution in [-0.4, -0.2) is 0 Å². The first-order valence-electron chi connectivity index (χ1n) is 9.67. The molecule has 0 aliphatic carbocycles. The lowest BCUT2D eigenvalue weighted by atomic mass is 9.82. The highest BCUT2D eigenvalue weighted by Gasteiger charge is 2.18. The van der Waals surface area contributed by atoms with Crippen molar-refractivity contribution in [2.45, 2.75) is 79.1 Å². The van der Waals surface area contributed by atoms with Gasteiger partial charge in [0.2, 0.25) is 0 Å². The van der Waals surface area contributed by atoms with Crippen molar-refractivity contribution in [1.82, 2.24) is 0 Å². The number of hydrogen-bond acceptors (Lipinski definition) is 0. The molecule has 0 nitrogen and oxygen atoms in total. The van der Waals surface area contributed by atoms with Crippen LogP contribution in [0.15, 0.2) is 36.4 Å². The van der Waals surface area contributed by atoms with Gasteiger partial charge in [-0.25, -0.2) is 0 Å². The summed E-state index contributed by atoms with van der Waals surface area (Å²) >= 11 is 0. The normalized spacial score (nSPS) is 11.2. The Morgan fingerprint density at radius 3 is 1.62 bits per heavy atom. The number of rotatable bonds is 8. The summed E-state index contributed by atoms with van der Waals surface area (Å²) in [6.07, 6.45) is 8.02. The molecule has 0 aliphatic rings. The largest absolute Gasteiger partial charge is 0.0654 e. The molecule has 0 heterocycles. The quantitative estimate of drug-likeness (QED) is 0.444. The first-order valence-corrected chi connectivity index (χ1v) is 9.67. The zero-order valence-electron chi connectivity index (χ0n) is 16.3.